The smallest absolute Gasteiger partial charge is 0.417 e. The highest BCUT2D eigenvalue weighted by Gasteiger charge is 2.38. The molecule has 2 heterocycles. The maximum atomic E-state index is 12.4. The summed E-state index contributed by atoms with van der Waals surface area (Å²) in [6.45, 7) is -0.896. The molecule has 12 heteroatoms. The number of fused-ring (bicyclic) bond motifs is 1. The predicted molar refractivity (Wildman–Crippen MR) is 99.3 cm³/mol. The van der Waals surface area contributed by atoms with E-state index in [1.165, 1.54) is 23.0 Å². The molecule has 0 radical (unpaired) electrons. The van der Waals surface area contributed by atoms with E-state index in [1.807, 2.05) is 0 Å². The third-order valence-electron chi connectivity index (χ3n) is 4.80. The second-order valence-corrected chi connectivity index (χ2v) is 7.07. The molecule has 1 aliphatic carbocycles. The molecule has 0 bridgehead atoms. The van der Waals surface area contributed by atoms with Gasteiger partial charge in [-0.25, -0.2) is 4.98 Å². The monoisotopic (exact) mass is 424 g/mol. The molecule has 3 atom stereocenters. The normalized spacial score (nSPS) is 20.4. The van der Waals surface area contributed by atoms with Crippen LogP contribution in [0.5, 0.6) is 5.75 Å². The van der Waals surface area contributed by atoms with Crippen molar-refractivity contribution in [3.05, 3.63) is 30.5 Å². The summed E-state index contributed by atoms with van der Waals surface area (Å²) in [5.41, 5.74) is 1.50. The van der Waals surface area contributed by atoms with E-state index in [4.69, 9.17) is 9.84 Å². The molecular formula is C18H19F3N6O3. The van der Waals surface area contributed by atoms with E-state index in [1.54, 1.807) is 12.1 Å². The van der Waals surface area contributed by atoms with Gasteiger partial charge in [-0.2, -0.15) is 22.8 Å². The summed E-state index contributed by atoms with van der Waals surface area (Å²) >= 11 is 0. The number of nitrogens with zero attached hydrogens (tertiary/aromatic N) is 5. The molecule has 30 heavy (non-hydrogen) atoms. The lowest BCUT2D eigenvalue weighted by Gasteiger charge is -2.15. The zero-order chi connectivity index (χ0) is 21.3. The van der Waals surface area contributed by atoms with Crippen LogP contribution in [0.2, 0.25) is 0 Å². The fourth-order valence-electron chi connectivity index (χ4n) is 3.20. The zero-order valence-electron chi connectivity index (χ0n) is 15.6. The first-order valence-electron chi connectivity index (χ1n) is 9.30. The zero-order valence-corrected chi connectivity index (χ0v) is 15.6. The standard InChI is InChI=1S/C18H19F3N6O3/c19-18(20,21)15(29)9-30-13-5-2-11(3-6-13)27-16-14(25-26-27)8-22-17(24-16)23-10-1-4-12(28)7-10/h2-3,5-6,8,10,12,15,28-29H,1,4,7,9H2,(H,22,23,24)/t10-,12-,15+/m1/s1. The van der Waals surface area contributed by atoms with Gasteiger partial charge in [-0.1, -0.05) is 5.21 Å². The maximum absolute atomic E-state index is 12.4. The number of hydrogen-bond donors (Lipinski definition) is 3. The quantitative estimate of drug-likeness (QED) is 0.549. The first kappa shape index (κ1) is 20.3. The summed E-state index contributed by atoms with van der Waals surface area (Å²) < 4.78 is 43.5. The van der Waals surface area contributed by atoms with E-state index < -0.39 is 18.9 Å². The van der Waals surface area contributed by atoms with Gasteiger partial charge in [0.15, 0.2) is 17.3 Å². The summed E-state index contributed by atoms with van der Waals surface area (Å²) in [5.74, 6) is 0.564. The van der Waals surface area contributed by atoms with Gasteiger partial charge in [-0.05, 0) is 43.5 Å². The van der Waals surface area contributed by atoms with Gasteiger partial charge < -0.3 is 20.3 Å². The van der Waals surface area contributed by atoms with Crippen LogP contribution in [0.1, 0.15) is 19.3 Å². The van der Waals surface area contributed by atoms with Crippen LogP contribution in [0.15, 0.2) is 30.5 Å². The fraction of sp³-hybridized carbons (Fsp3) is 0.444. The van der Waals surface area contributed by atoms with Crippen LogP contribution in [-0.2, 0) is 0 Å². The van der Waals surface area contributed by atoms with Crippen LogP contribution in [0.3, 0.4) is 0 Å². The van der Waals surface area contributed by atoms with Gasteiger partial charge in [0.1, 0.15) is 12.4 Å². The van der Waals surface area contributed by atoms with Crippen LogP contribution in [0.25, 0.3) is 16.9 Å². The number of alkyl halides is 3. The Morgan fingerprint density at radius 3 is 2.67 bits per heavy atom. The molecular weight excluding hydrogens is 405 g/mol. The highest BCUT2D eigenvalue weighted by atomic mass is 19.4. The maximum Gasteiger partial charge on any atom is 0.417 e. The first-order chi connectivity index (χ1) is 14.3. The molecule has 9 nitrogen and oxygen atoms in total. The van der Waals surface area contributed by atoms with Crippen molar-refractivity contribution in [2.24, 2.45) is 0 Å². The number of benzene rings is 1. The van der Waals surface area contributed by atoms with E-state index in [0.717, 1.165) is 12.8 Å². The number of aliphatic hydroxyl groups excluding tert-OH is 2. The molecule has 0 amide bonds. The van der Waals surface area contributed by atoms with E-state index >= 15 is 0 Å². The number of ether oxygens (including phenoxy) is 1. The molecule has 0 unspecified atom stereocenters. The number of rotatable bonds is 6. The van der Waals surface area contributed by atoms with Crippen molar-refractivity contribution in [2.45, 2.75) is 43.7 Å². The Morgan fingerprint density at radius 1 is 1.23 bits per heavy atom. The van der Waals surface area contributed by atoms with Gasteiger partial charge in [0.25, 0.3) is 0 Å². The summed E-state index contributed by atoms with van der Waals surface area (Å²) in [6, 6.07) is 6.20. The lowest BCUT2D eigenvalue weighted by Crippen LogP contribution is -2.34. The molecule has 4 rings (SSSR count). The number of anilines is 1. The highest BCUT2D eigenvalue weighted by Crippen LogP contribution is 2.24. The Kier molecular flexibility index (Phi) is 5.43. The van der Waals surface area contributed by atoms with Crippen LogP contribution >= 0.6 is 0 Å². The van der Waals surface area contributed by atoms with Gasteiger partial charge >= 0.3 is 6.18 Å². The summed E-state index contributed by atoms with van der Waals surface area (Å²) in [5, 5.41) is 29.9. The van der Waals surface area contributed by atoms with Crippen molar-refractivity contribution in [1.29, 1.82) is 0 Å². The van der Waals surface area contributed by atoms with Crippen molar-refractivity contribution < 1.29 is 28.1 Å². The highest BCUT2D eigenvalue weighted by molar-refractivity contribution is 5.72. The Morgan fingerprint density at radius 2 is 2.00 bits per heavy atom. The topological polar surface area (TPSA) is 118 Å². The first-order valence-corrected chi connectivity index (χ1v) is 9.30. The van der Waals surface area contributed by atoms with Crippen LogP contribution < -0.4 is 10.1 Å². The predicted octanol–water partition coefficient (Wildman–Crippen LogP) is 1.84. The summed E-state index contributed by atoms with van der Waals surface area (Å²) in [7, 11) is 0. The molecule has 1 aliphatic rings. The number of halogens is 3. The van der Waals surface area contributed by atoms with Crippen LogP contribution in [-0.4, -0.2) is 66.2 Å². The lowest BCUT2D eigenvalue weighted by molar-refractivity contribution is -0.210. The van der Waals surface area contributed by atoms with Crippen LogP contribution in [0, 0.1) is 0 Å². The Hall–Kier alpha value is -2.99. The van der Waals surface area contributed by atoms with E-state index in [9.17, 15) is 18.3 Å². The average molecular weight is 424 g/mol. The van der Waals surface area contributed by atoms with Gasteiger partial charge in [0.2, 0.25) is 5.95 Å². The summed E-state index contributed by atoms with van der Waals surface area (Å²) in [6.07, 6.45) is -3.89. The molecule has 2 aromatic heterocycles. The van der Waals surface area contributed by atoms with Gasteiger partial charge in [-0.3, -0.25) is 0 Å². The van der Waals surface area contributed by atoms with Crippen molar-refractivity contribution >= 4 is 17.1 Å². The largest absolute Gasteiger partial charge is 0.491 e. The molecule has 160 valence electrons. The molecule has 1 aromatic carbocycles. The summed E-state index contributed by atoms with van der Waals surface area (Å²) in [4.78, 5) is 8.68. The van der Waals surface area contributed by atoms with E-state index in [2.05, 4.69) is 25.6 Å². The second kappa shape index (κ2) is 8.03. The molecule has 0 saturated heterocycles. The van der Waals surface area contributed by atoms with E-state index in [-0.39, 0.29) is 17.9 Å². The number of nitrogens with one attached hydrogen (secondary N) is 1. The van der Waals surface area contributed by atoms with Gasteiger partial charge in [0, 0.05) is 6.04 Å². The number of aromatic nitrogens is 5. The molecule has 0 aliphatic heterocycles. The van der Waals surface area contributed by atoms with Crippen molar-refractivity contribution in [1.82, 2.24) is 25.0 Å². The SMILES string of the molecule is O[C@@H]1CC[C@@H](Nc2ncc3nnn(-c4ccc(OC[C@H](O)C(F)(F)F)cc4)c3n2)C1. The van der Waals surface area contributed by atoms with Crippen molar-refractivity contribution in [3.63, 3.8) is 0 Å². The van der Waals surface area contributed by atoms with Gasteiger partial charge in [-0.15, -0.1) is 5.10 Å². The number of aliphatic hydroxyl groups is 2. The Bertz CT molecular complexity index is 1010. The van der Waals surface area contributed by atoms with Crippen molar-refractivity contribution in [3.8, 4) is 11.4 Å². The van der Waals surface area contributed by atoms with E-state index in [0.29, 0.717) is 29.2 Å². The van der Waals surface area contributed by atoms with Crippen molar-refractivity contribution in [2.75, 3.05) is 11.9 Å². The Balaban J connectivity index is 1.49. The Labute approximate surface area is 168 Å². The van der Waals surface area contributed by atoms with Crippen LogP contribution in [0.4, 0.5) is 19.1 Å². The molecule has 0 spiro atoms. The molecule has 3 aromatic rings. The minimum Gasteiger partial charge on any atom is -0.491 e. The molecule has 3 N–H and O–H groups in total. The average Bonchev–Trinajstić information content (AvgIpc) is 3.31. The molecule has 1 fully saturated rings. The third kappa shape index (κ3) is 4.44. The third-order valence-corrected chi connectivity index (χ3v) is 4.80. The second-order valence-electron chi connectivity index (χ2n) is 7.07. The van der Waals surface area contributed by atoms with Gasteiger partial charge in [0.05, 0.1) is 18.0 Å². The minimum absolute atomic E-state index is 0.0882. The molecule has 1 saturated carbocycles. The number of hydrogen-bond acceptors (Lipinski definition) is 8. The minimum atomic E-state index is -4.73. The fourth-order valence-corrected chi connectivity index (χ4v) is 3.20. The lowest BCUT2D eigenvalue weighted by atomic mass is 10.2.